The summed E-state index contributed by atoms with van der Waals surface area (Å²) in [5.41, 5.74) is 9.83. The van der Waals surface area contributed by atoms with Crippen molar-refractivity contribution in [3.63, 3.8) is 0 Å². The van der Waals surface area contributed by atoms with Crippen LogP contribution in [0.25, 0.3) is 10.9 Å². The molecule has 3 nitrogen and oxygen atoms in total. The monoisotopic (exact) mass is 283 g/mol. The predicted octanol–water partition coefficient (Wildman–Crippen LogP) is 4.08. The molecule has 0 unspecified atom stereocenters. The van der Waals surface area contributed by atoms with Crippen molar-refractivity contribution in [3.8, 4) is 0 Å². The zero-order valence-electron chi connectivity index (χ0n) is 10.8. The Balaban J connectivity index is 1.86. The Hall–Kier alpha value is -2.26. The fourth-order valence-electron chi connectivity index (χ4n) is 2.17. The molecule has 100 valence electrons. The van der Waals surface area contributed by atoms with Gasteiger partial charge in [0.15, 0.2) is 0 Å². The van der Waals surface area contributed by atoms with E-state index in [4.69, 9.17) is 17.3 Å². The molecule has 0 aliphatic rings. The minimum atomic E-state index is 0.677. The van der Waals surface area contributed by atoms with E-state index in [1.165, 1.54) is 0 Å². The molecule has 0 saturated carbocycles. The fourth-order valence-corrected chi connectivity index (χ4v) is 2.39. The quantitative estimate of drug-likeness (QED) is 0.712. The van der Waals surface area contributed by atoms with Gasteiger partial charge in [0.1, 0.15) is 0 Å². The summed E-state index contributed by atoms with van der Waals surface area (Å²) in [5, 5.41) is 5.03. The van der Waals surface area contributed by atoms with Gasteiger partial charge in [-0.2, -0.15) is 0 Å². The minimum Gasteiger partial charge on any atom is -0.397 e. The zero-order valence-corrected chi connectivity index (χ0v) is 11.6. The average Bonchev–Trinajstić information content (AvgIpc) is 2.47. The van der Waals surface area contributed by atoms with Crippen molar-refractivity contribution in [2.45, 2.75) is 6.54 Å². The molecule has 1 aromatic heterocycles. The maximum Gasteiger partial charge on any atom is 0.0724 e. The molecule has 4 heteroatoms. The molecule has 0 amide bonds. The topological polar surface area (TPSA) is 50.9 Å². The lowest BCUT2D eigenvalue weighted by Crippen LogP contribution is -2.03. The van der Waals surface area contributed by atoms with Crippen molar-refractivity contribution in [2.24, 2.45) is 0 Å². The van der Waals surface area contributed by atoms with Crippen LogP contribution in [0.4, 0.5) is 11.4 Å². The highest BCUT2D eigenvalue weighted by Gasteiger charge is 2.04. The van der Waals surface area contributed by atoms with E-state index < -0.39 is 0 Å². The first-order valence-electron chi connectivity index (χ1n) is 6.35. The lowest BCUT2D eigenvalue weighted by atomic mass is 10.1. The highest BCUT2D eigenvalue weighted by Crippen LogP contribution is 2.27. The molecule has 0 saturated heterocycles. The lowest BCUT2D eigenvalue weighted by Gasteiger charge is -2.11. The Bertz CT molecular complexity index is 756. The summed E-state index contributed by atoms with van der Waals surface area (Å²) in [6, 6.07) is 15.5. The number of halogens is 1. The highest BCUT2D eigenvalue weighted by atomic mass is 35.5. The molecular formula is C16H14ClN3. The molecule has 2 aromatic carbocycles. The molecule has 3 aromatic rings. The van der Waals surface area contributed by atoms with E-state index in [0.717, 1.165) is 32.9 Å². The summed E-state index contributed by atoms with van der Waals surface area (Å²) in [5.74, 6) is 0. The van der Waals surface area contributed by atoms with Crippen molar-refractivity contribution in [2.75, 3.05) is 11.1 Å². The van der Waals surface area contributed by atoms with Gasteiger partial charge in [-0.3, -0.25) is 4.98 Å². The number of hydrogen-bond acceptors (Lipinski definition) is 3. The molecule has 0 spiro atoms. The molecule has 20 heavy (non-hydrogen) atoms. The molecule has 0 bridgehead atoms. The summed E-state index contributed by atoms with van der Waals surface area (Å²) in [6.07, 6.45) is 1.76. The number of fused-ring (bicyclic) bond motifs is 1. The molecule has 3 rings (SSSR count). The van der Waals surface area contributed by atoms with Crippen molar-refractivity contribution in [1.29, 1.82) is 0 Å². The number of rotatable bonds is 3. The number of nitrogens with two attached hydrogens (primary N) is 1. The van der Waals surface area contributed by atoms with Crippen LogP contribution < -0.4 is 11.1 Å². The third-order valence-electron chi connectivity index (χ3n) is 3.20. The number of nitrogens with zero attached hydrogens (tertiary/aromatic N) is 1. The van der Waals surface area contributed by atoms with E-state index in [0.29, 0.717) is 6.54 Å². The summed E-state index contributed by atoms with van der Waals surface area (Å²) >= 11 is 5.98. The first kappa shape index (κ1) is 12.8. The maximum absolute atomic E-state index is 6.18. The maximum atomic E-state index is 6.18. The van der Waals surface area contributed by atoms with E-state index in [2.05, 4.69) is 10.3 Å². The van der Waals surface area contributed by atoms with Crippen LogP contribution in [-0.2, 0) is 6.54 Å². The van der Waals surface area contributed by atoms with Gasteiger partial charge < -0.3 is 11.1 Å². The second-order valence-corrected chi connectivity index (χ2v) is 5.02. The van der Waals surface area contributed by atoms with Gasteiger partial charge in [0.05, 0.1) is 16.9 Å². The summed E-state index contributed by atoms with van der Waals surface area (Å²) < 4.78 is 0. The largest absolute Gasteiger partial charge is 0.397 e. The molecule has 0 fully saturated rings. The third kappa shape index (κ3) is 2.53. The van der Waals surface area contributed by atoms with Crippen molar-refractivity contribution >= 4 is 33.9 Å². The first-order chi connectivity index (χ1) is 9.74. The molecular weight excluding hydrogens is 270 g/mol. The van der Waals surface area contributed by atoms with Crippen molar-refractivity contribution in [1.82, 2.24) is 4.98 Å². The SMILES string of the molecule is Nc1c(NCc2cccc(Cl)c2)ccc2ncccc12. The van der Waals surface area contributed by atoms with Crippen LogP contribution in [0.2, 0.25) is 5.02 Å². The Morgan fingerprint density at radius 2 is 2.00 bits per heavy atom. The van der Waals surface area contributed by atoms with Gasteiger partial charge in [-0.25, -0.2) is 0 Å². The zero-order chi connectivity index (χ0) is 13.9. The standard InChI is InChI=1S/C16H14ClN3/c17-12-4-1-3-11(9-12)10-20-15-7-6-14-13(16(15)18)5-2-8-19-14/h1-9,20H,10,18H2. The van der Waals surface area contributed by atoms with E-state index in [1.807, 2.05) is 48.5 Å². The Morgan fingerprint density at radius 1 is 1.10 bits per heavy atom. The first-order valence-corrected chi connectivity index (χ1v) is 6.73. The molecule has 0 aliphatic carbocycles. The van der Waals surface area contributed by atoms with Gasteiger partial charge >= 0.3 is 0 Å². The number of pyridine rings is 1. The van der Waals surface area contributed by atoms with Gasteiger partial charge in [-0.1, -0.05) is 23.7 Å². The van der Waals surface area contributed by atoms with Crippen LogP contribution in [0.15, 0.2) is 54.7 Å². The second-order valence-electron chi connectivity index (χ2n) is 4.58. The molecule has 0 radical (unpaired) electrons. The smallest absolute Gasteiger partial charge is 0.0724 e. The van der Waals surface area contributed by atoms with E-state index in [9.17, 15) is 0 Å². The molecule has 1 heterocycles. The van der Waals surface area contributed by atoms with Crippen LogP contribution in [0.5, 0.6) is 0 Å². The van der Waals surface area contributed by atoms with Gasteiger partial charge in [-0.05, 0) is 42.0 Å². The van der Waals surface area contributed by atoms with Crippen LogP contribution >= 0.6 is 11.6 Å². The Labute approximate surface area is 122 Å². The van der Waals surface area contributed by atoms with E-state index >= 15 is 0 Å². The van der Waals surface area contributed by atoms with E-state index in [1.54, 1.807) is 6.20 Å². The highest BCUT2D eigenvalue weighted by molar-refractivity contribution is 6.30. The lowest BCUT2D eigenvalue weighted by molar-refractivity contribution is 1.15. The third-order valence-corrected chi connectivity index (χ3v) is 3.43. The van der Waals surface area contributed by atoms with Crippen LogP contribution in [0.3, 0.4) is 0 Å². The van der Waals surface area contributed by atoms with Gasteiger partial charge in [0.2, 0.25) is 0 Å². The average molecular weight is 284 g/mol. The van der Waals surface area contributed by atoms with Gasteiger partial charge in [0.25, 0.3) is 0 Å². The second kappa shape index (κ2) is 5.39. The number of hydrogen-bond donors (Lipinski definition) is 2. The molecule has 0 atom stereocenters. The fraction of sp³-hybridized carbons (Fsp3) is 0.0625. The number of benzene rings is 2. The summed E-state index contributed by atoms with van der Waals surface area (Å²) in [4.78, 5) is 4.29. The Kier molecular flexibility index (Phi) is 3.44. The normalized spacial score (nSPS) is 10.7. The molecule has 0 aliphatic heterocycles. The number of aromatic nitrogens is 1. The van der Waals surface area contributed by atoms with Gasteiger partial charge in [-0.15, -0.1) is 0 Å². The van der Waals surface area contributed by atoms with E-state index in [-0.39, 0.29) is 0 Å². The van der Waals surface area contributed by atoms with Crippen LogP contribution in [-0.4, -0.2) is 4.98 Å². The number of nitrogen functional groups attached to an aromatic ring is 1. The summed E-state index contributed by atoms with van der Waals surface area (Å²) in [6.45, 7) is 0.677. The molecule has 3 N–H and O–H groups in total. The van der Waals surface area contributed by atoms with Crippen LogP contribution in [0.1, 0.15) is 5.56 Å². The number of nitrogens with one attached hydrogen (secondary N) is 1. The van der Waals surface area contributed by atoms with Gasteiger partial charge in [0, 0.05) is 23.2 Å². The van der Waals surface area contributed by atoms with Crippen molar-refractivity contribution in [3.05, 3.63) is 65.3 Å². The van der Waals surface area contributed by atoms with Crippen molar-refractivity contribution < 1.29 is 0 Å². The predicted molar refractivity (Wildman–Crippen MR) is 84.9 cm³/mol. The summed E-state index contributed by atoms with van der Waals surface area (Å²) in [7, 11) is 0. The number of anilines is 2. The minimum absolute atomic E-state index is 0.677. The van der Waals surface area contributed by atoms with Crippen LogP contribution in [0, 0.1) is 0 Å². The Morgan fingerprint density at radius 3 is 2.85 bits per heavy atom.